The van der Waals surface area contributed by atoms with Gasteiger partial charge in [-0.1, -0.05) is 30.3 Å². The second-order valence-corrected chi connectivity index (χ2v) is 5.11. The van der Waals surface area contributed by atoms with Crippen LogP contribution in [0.1, 0.15) is 23.2 Å². The zero-order chi connectivity index (χ0) is 13.1. The van der Waals surface area contributed by atoms with Gasteiger partial charge in [-0.05, 0) is 36.1 Å². The van der Waals surface area contributed by atoms with E-state index >= 15 is 0 Å². The van der Waals surface area contributed by atoms with Gasteiger partial charge < -0.3 is 10.4 Å². The average Bonchev–Trinajstić information content (AvgIpc) is 2.79. The highest BCUT2D eigenvalue weighted by Gasteiger charge is 2.35. The first-order valence-corrected chi connectivity index (χ1v) is 6.69. The Morgan fingerprint density at radius 1 is 1.16 bits per heavy atom. The van der Waals surface area contributed by atoms with Crippen LogP contribution in [0.2, 0.25) is 0 Å². The van der Waals surface area contributed by atoms with Gasteiger partial charge in [0.25, 0.3) is 0 Å². The minimum absolute atomic E-state index is 0.570. The number of aliphatic hydroxyl groups is 1. The Morgan fingerprint density at radius 2 is 2.00 bits per heavy atom. The number of rotatable bonds is 4. The largest absolute Gasteiger partial charge is 0.384 e. The summed E-state index contributed by atoms with van der Waals surface area (Å²) < 4.78 is 0. The quantitative estimate of drug-likeness (QED) is 0.877. The van der Waals surface area contributed by atoms with Crippen molar-refractivity contribution in [2.24, 2.45) is 0 Å². The van der Waals surface area contributed by atoms with Crippen LogP contribution in [-0.4, -0.2) is 16.6 Å². The molecule has 2 N–H and O–H groups in total. The Morgan fingerprint density at radius 3 is 2.84 bits per heavy atom. The highest BCUT2D eigenvalue weighted by molar-refractivity contribution is 5.37. The van der Waals surface area contributed by atoms with E-state index in [2.05, 4.69) is 16.4 Å². The van der Waals surface area contributed by atoms with E-state index in [0.29, 0.717) is 13.1 Å². The molecule has 1 aliphatic rings. The second kappa shape index (κ2) is 5.11. The predicted octanol–water partition coefficient (Wildman–Crippen LogP) is 2.01. The molecule has 0 spiro atoms. The Hall–Kier alpha value is -1.71. The third-order valence-corrected chi connectivity index (χ3v) is 3.78. The van der Waals surface area contributed by atoms with Crippen molar-refractivity contribution < 1.29 is 5.11 Å². The highest BCUT2D eigenvalue weighted by atomic mass is 16.3. The number of hydrogen-bond acceptors (Lipinski definition) is 3. The first-order valence-electron chi connectivity index (χ1n) is 6.69. The van der Waals surface area contributed by atoms with Crippen LogP contribution in [0.15, 0.2) is 48.7 Å². The lowest BCUT2D eigenvalue weighted by molar-refractivity contribution is 0.0384. The van der Waals surface area contributed by atoms with Crippen LogP contribution in [0.3, 0.4) is 0 Å². The lowest BCUT2D eigenvalue weighted by Gasteiger charge is -2.24. The molecule has 1 unspecified atom stereocenters. The fourth-order valence-corrected chi connectivity index (χ4v) is 2.75. The molecule has 1 aromatic heterocycles. The maximum absolute atomic E-state index is 10.7. The molecule has 0 saturated heterocycles. The van der Waals surface area contributed by atoms with E-state index in [9.17, 15) is 5.11 Å². The molecule has 98 valence electrons. The molecular formula is C16H18N2O. The number of nitrogens with one attached hydrogen (secondary N) is 1. The molecule has 0 fully saturated rings. The first-order chi connectivity index (χ1) is 9.28. The van der Waals surface area contributed by atoms with E-state index in [1.807, 2.05) is 36.4 Å². The number of nitrogens with zero attached hydrogens (tertiary/aromatic N) is 1. The molecule has 2 aromatic rings. The molecule has 3 nitrogen and oxygen atoms in total. The molecule has 0 bridgehead atoms. The van der Waals surface area contributed by atoms with Crippen LogP contribution in [-0.2, 0) is 18.6 Å². The van der Waals surface area contributed by atoms with E-state index in [1.165, 1.54) is 5.56 Å². The number of aromatic nitrogens is 1. The van der Waals surface area contributed by atoms with Crippen molar-refractivity contribution in [2.75, 3.05) is 6.54 Å². The van der Waals surface area contributed by atoms with Crippen molar-refractivity contribution in [2.45, 2.75) is 25.0 Å². The molecule has 0 saturated carbocycles. The predicted molar refractivity (Wildman–Crippen MR) is 74.6 cm³/mol. The number of aryl methyl sites for hydroxylation is 1. The Labute approximate surface area is 113 Å². The van der Waals surface area contributed by atoms with E-state index < -0.39 is 5.60 Å². The molecule has 1 heterocycles. The number of hydrogen-bond donors (Lipinski definition) is 2. The second-order valence-electron chi connectivity index (χ2n) is 5.11. The van der Waals surface area contributed by atoms with Gasteiger partial charge in [-0.25, -0.2) is 0 Å². The summed E-state index contributed by atoms with van der Waals surface area (Å²) in [7, 11) is 0. The molecule has 3 rings (SSSR count). The van der Waals surface area contributed by atoms with Crippen LogP contribution in [0.25, 0.3) is 0 Å². The SMILES string of the molecule is OC1(CNCc2ccccn2)CCc2ccccc21. The van der Waals surface area contributed by atoms with Gasteiger partial charge in [0.15, 0.2) is 0 Å². The van der Waals surface area contributed by atoms with Crippen LogP contribution < -0.4 is 5.32 Å². The number of benzene rings is 1. The van der Waals surface area contributed by atoms with Crippen LogP contribution in [0.4, 0.5) is 0 Å². The normalized spacial score (nSPS) is 21.3. The molecular weight excluding hydrogens is 236 g/mol. The summed E-state index contributed by atoms with van der Waals surface area (Å²) in [5, 5.41) is 14.1. The van der Waals surface area contributed by atoms with Gasteiger partial charge in [0, 0.05) is 19.3 Å². The monoisotopic (exact) mass is 254 g/mol. The van der Waals surface area contributed by atoms with Crippen LogP contribution >= 0.6 is 0 Å². The molecule has 19 heavy (non-hydrogen) atoms. The fraction of sp³-hybridized carbons (Fsp3) is 0.312. The summed E-state index contributed by atoms with van der Waals surface area (Å²) in [5.74, 6) is 0. The van der Waals surface area contributed by atoms with Crippen LogP contribution in [0.5, 0.6) is 0 Å². The molecule has 1 aliphatic carbocycles. The molecule has 0 radical (unpaired) electrons. The van der Waals surface area contributed by atoms with Gasteiger partial charge in [0.05, 0.1) is 5.69 Å². The third-order valence-electron chi connectivity index (χ3n) is 3.78. The maximum Gasteiger partial charge on any atom is 0.103 e. The van der Waals surface area contributed by atoms with Crippen molar-refractivity contribution in [3.8, 4) is 0 Å². The lowest BCUT2D eigenvalue weighted by Crippen LogP contribution is -2.36. The first kappa shape index (κ1) is 12.3. The highest BCUT2D eigenvalue weighted by Crippen LogP contribution is 2.36. The van der Waals surface area contributed by atoms with Gasteiger partial charge in [0.2, 0.25) is 0 Å². The molecule has 1 atom stereocenters. The fourth-order valence-electron chi connectivity index (χ4n) is 2.75. The minimum atomic E-state index is -0.731. The summed E-state index contributed by atoms with van der Waals surface area (Å²) in [6, 6.07) is 14.0. The summed E-state index contributed by atoms with van der Waals surface area (Å²) in [5.41, 5.74) is 2.61. The standard InChI is InChI=1S/C16H18N2O/c19-16(9-8-13-5-1-2-7-15(13)16)12-17-11-14-6-3-4-10-18-14/h1-7,10,17,19H,8-9,11-12H2. The minimum Gasteiger partial charge on any atom is -0.384 e. The van der Waals surface area contributed by atoms with Gasteiger partial charge in [0.1, 0.15) is 5.60 Å². The van der Waals surface area contributed by atoms with E-state index in [1.54, 1.807) is 6.20 Å². The van der Waals surface area contributed by atoms with Gasteiger partial charge in [-0.3, -0.25) is 4.98 Å². The average molecular weight is 254 g/mol. The molecule has 3 heteroatoms. The number of pyridine rings is 1. The lowest BCUT2D eigenvalue weighted by atomic mass is 9.96. The van der Waals surface area contributed by atoms with E-state index in [4.69, 9.17) is 0 Å². The van der Waals surface area contributed by atoms with Crippen LogP contribution in [0, 0.1) is 0 Å². The van der Waals surface area contributed by atoms with Gasteiger partial charge >= 0.3 is 0 Å². The third kappa shape index (κ3) is 2.53. The Bertz CT molecular complexity index is 556. The van der Waals surface area contributed by atoms with Crippen molar-refractivity contribution >= 4 is 0 Å². The zero-order valence-electron chi connectivity index (χ0n) is 10.8. The summed E-state index contributed by atoms with van der Waals surface area (Å²) in [6.45, 7) is 1.26. The molecule has 0 amide bonds. The summed E-state index contributed by atoms with van der Waals surface area (Å²) >= 11 is 0. The number of fused-ring (bicyclic) bond motifs is 1. The van der Waals surface area contributed by atoms with E-state index in [-0.39, 0.29) is 0 Å². The molecule has 0 aliphatic heterocycles. The van der Waals surface area contributed by atoms with Gasteiger partial charge in [-0.15, -0.1) is 0 Å². The van der Waals surface area contributed by atoms with Crippen molar-refractivity contribution in [1.82, 2.24) is 10.3 Å². The maximum atomic E-state index is 10.7. The summed E-state index contributed by atoms with van der Waals surface area (Å²) in [6.07, 6.45) is 3.54. The zero-order valence-corrected chi connectivity index (χ0v) is 10.8. The topological polar surface area (TPSA) is 45.1 Å². The Kier molecular flexibility index (Phi) is 3.32. The Balaban J connectivity index is 1.65. The smallest absolute Gasteiger partial charge is 0.103 e. The molecule has 1 aromatic carbocycles. The van der Waals surface area contributed by atoms with Crippen molar-refractivity contribution in [3.05, 3.63) is 65.5 Å². The van der Waals surface area contributed by atoms with E-state index in [0.717, 1.165) is 24.1 Å². The van der Waals surface area contributed by atoms with Crippen molar-refractivity contribution in [3.63, 3.8) is 0 Å². The summed E-state index contributed by atoms with van der Waals surface area (Å²) in [4.78, 5) is 4.27. The van der Waals surface area contributed by atoms with Gasteiger partial charge in [-0.2, -0.15) is 0 Å². The van der Waals surface area contributed by atoms with Crippen molar-refractivity contribution in [1.29, 1.82) is 0 Å².